The number of hydrogen-bond donors (Lipinski definition) is 1. The molecule has 0 spiro atoms. The summed E-state index contributed by atoms with van der Waals surface area (Å²) in [5, 5.41) is 7.34. The molecule has 1 N–H and O–H groups in total. The lowest BCUT2D eigenvalue weighted by molar-refractivity contribution is 0.0698. The van der Waals surface area contributed by atoms with Crippen LogP contribution in [0.15, 0.2) is 61.1 Å². The molecule has 1 aliphatic rings. The molecule has 1 aliphatic heterocycles. The van der Waals surface area contributed by atoms with Gasteiger partial charge in [0, 0.05) is 44.1 Å². The van der Waals surface area contributed by atoms with Crippen molar-refractivity contribution in [1.29, 1.82) is 0 Å². The highest BCUT2D eigenvalue weighted by molar-refractivity contribution is 5.97. The highest BCUT2D eigenvalue weighted by Gasteiger charge is 2.27. The first-order valence-electron chi connectivity index (χ1n) is 9.44. The Bertz CT molecular complexity index is 954. The summed E-state index contributed by atoms with van der Waals surface area (Å²) in [5.41, 5.74) is 1.25. The Kier molecular flexibility index (Phi) is 4.97. The van der Waals surface area contributed by atoms with E-state index >= 15 is 0 Å². The number of nitrogens with zero attached hydrogens (tertiary/aromatic N) is 4. The molecule has 0 saturated carbocycles. The van der Waals surface area contributed by atoms with E-state index in [1.54, 1.807) is 23.0 Å². The van der Waals surface area contributed by atoms with Crippen LogP contribution in [0, 0.1) is 0 Å². The number of aryl methyl sites for hydroxylation is 1. The summed E-state index contributed by atoms with van der Waals surface area (Å²) in [4.78, 5) is 27.2. The Balaban J connectivity index is 1.39. The largest absolute Gasteiger partial charge is 0.349 e. The summed E-state index contributed by atoms with van der Waals surface area (Å²) in [6, 6.07) is 13.1. The maximum atomic E-state index is 13.1. The van der Waals surface area contributed by atoms with Crippen LogP contribution in [0.4, 0.5) is 0 Å². The van der Waals surface area contributed by atoms with Crippen molar-refractivity contribution in [3.05, 3.63) is 72.2 Å². The van der Waals surface area contributed by atoms with Crippen LogP contribution >= 0.6 is 0 Å². The number of rotatable bonds is 4. The minimum atomic E-state index is -0.0625. The molecule has 0 bridgehead atoms. The van der Waals surface area contributed by atoms with Crippen LogP contribution in [0.5, 0.6) is 0 Å². The molecule has 144 valence electrons. The SMILES string of the molecule is Cn1ncc(C(=O)N2CCC(NC(=O)c3ccccc3)CC2)c1-n1cccc1. The van der Waals surface area contributed by atoms with E-state index < -0.39 is 0 Å². The highest BCUT2D eigenvalue weighted by atomic mass is 16.2. The third-order valence-corrected chi connectivity index (χ3v) is 5.14. The Labute approximate surface area is 163 Å². The number of carbonyl (C=O) groups excluding carboxylic acids is 2. The molecule has 3 heterocycles. The summed E-state index contributed by atoms with van der Waals surface area (Å²) in [7, 11) is 1.83. The second-order valence-corrected chi connectivity index (χ2v) is 7.00. The molecule has 0 atom stereocenters. The van der Waals surface area contributed by atoms with E-state index in [9.17, 15) is 9.59 Å². The van der Waals surface area contributed by atoms with Crippen molar-refractivity contribution in [2.24, 2.45) is 7.05 Å². The number of carbonyl (C=O) groups is 2. The summed E-state index contributed by atoms with van der Waals surface area (Å²) in [6.07, 6.45) is 6.91. The Hall–Kier alpha value is -3.35. The second kappa shape index (κ2) is 7.72. The molecule has 7 nitrogen and oxygen atoms in total. The lowest BCUT2D eigenvalue weighted by Gasteiger charge is -2.32. The quantitative estimate of drug-likeness (QED) is 0.758. The molecule has 0 unspecified atom stereocenters. The van der Waals surface area contributed by atoms with E-state index in [0.717, 1.165) is 18.7 Å². The van der Waals surface area contributed by atoms with Gasteiger partial charge in [0.1, 0.15) is 11.4 Å². The Morgan fingerprint density at radius 3 is 2.39 bits per heavy atom. The molecule has 1 saturated heterocycles. The minimum absolute atomic E-state index is 0.0235. The minimum Gasteiger partial charge on any atom is -0.349 e. The van der Waals surface area contributed by atoms with Gasteiger partial charge < -0.3 is 14.8 Å². The molecule has 0 aliphatic carbocycles. The highest BCUT2D eigenvalue weighted by Crippen LogP contribution is 2.19. The zero-order valence-corrected chi connectivity index (χ0v) is 15.8. The Morgan fingerprint density at radius 1 is 1.04 bits per heavy atom. The predicted octanol–water partition coefficient (Wildman–Crippen LogP) is 2.25. The zero-order chi connectivity index (χ0) is 19.5. The van der Waals surface area contributed by atoms with Gasteiger partial charge in [-0.25, -0.2) is 0 Å². The van der Waals surface area contributed by atoms with E-state index in [0.29, 0.717) is 24.2 Å². The number of aromatic nitrogens is 3. The fourth-order valence-corrected chi connectivity index (χ4v) is 3.62. The smallest absolute Gasteiger partial charge is 0.259 e. The third-order valence-electron chi connectivity index (χ3n) is 5.14. The number of hydrogen-bond acceptors (Lipinski definition) is 3. The van der Waals surface area contributed by atoms with Gasteiger partial charge in [-0.2, -0.15) is 5.10 Å². The van der Waals surface area contributed by atoms with Gasteiger partial charge in [-0.05, 0) is 37.1 Å². The van der Waals surface area contributed by atoms with E-state index in [-0.39, 0.29) is 17.9 Å². The summed E-state index contributed by atoms with van der Waals surface area (Å²) in [5.74, 6) is 0.673. The van der Waals surface area contributed by atoms with E-state index in [1.165, 1.54) is 0 Å². The molecule has 7 heteroatoms. The molecule has 2 amide bonds. The van der Waals surface area contributed by atoms with Gasteiger partial charge in [0.25, 0.3) is 11.8 Å². The maximum Gasteiger partial charge on any atom is 0.259 e. The topological polar surface area (TPSA) is 72.2 Å². The van der Waals surface area contributed by atoms with Crippen LogP contribution < -0.4 is 5.32 Å². The van der Waals surface area contributed by atoms with E-state index in [2.05, 4.69) is 10.4 Å². The fraction of sp³-hybridized carbons (Fsp3) is 0.286. The number of nitrogens with one attached hydrogen (secondary N) is 1. The lowest BCUT2D eigenvalue weighted by Crippen LogP contribution is -2.46. The van der Waals surface area contributed by atoms with Crippen molar-refractivity contribution in [3.8, 4) is 5.82 Å². The van der Waals surface area contributed by atoms with E-state index in [1.807, 2.05) is 59.2 Å². The summed E-state index contributed by atoms with van der Waals surface area (Å²) in [6.45, 7) is 1.22. The number of likely N-dealkylation sites (tertiary alicyclic amines) is 1. The lowest BCUT2D eigenvalue weighted by atomic mass is 10.0. The van der Waals surface area contributed by atoms with Crippen LogP contribution in [0.1, 0.15) is 33.6 Å². The van der Waals surface area contributed by atoms with Crippen molar-refractivity contribution in [1.82, 2.24) is 24.6 Å². The van der Waals surface area contributed by atoms with Crippen molar-refractivity contribution >= 4 is 11.8 Å². The number of piperidine rings is 1. The molecule has 0 radical (unpaired) electrons. The average molecular weight is 377 g/mol. The van der Waals surface area contributed by atoms with Crippen LogP contribution in [-0.4, -0.2) is 50.2 Å². The summed E-state index contributed by atoms with van der Waals surface area (Å²) < 4.78 is 3.60. The van der Waals surface area contributed by atoms with Crippen LogP contribution in [0.2, 0.25) is 0 Å². The molecule has 28 heavy (non-hydrogen) atoms. The molecule has 1 fully saturated rings. The van der Waals surface area contributed by atoms with Gasteiger partial charge in [0.05, 0.1) is 6.20 Å². The molecule has 1 aromatic carbocycles. The molecular formula is C21H23N5O2. The molecular weight excluding hydrogens is 354 g/mol. The zero-order valence-electron chi connectivity index (χ0n) is 15.8. The first-order valence-corrected chi connectivity index (χ1v) is 9.44. The fourth-order valence-electron chi connectivity index (χ4n) is 3.62. The van der Waals surface area contributed by atoms with Gasteiger partial charge >= 0.3 is 0 Å². The van der Waals surface area contributed by atoms with Gasteiger partial charge in [0.2, 0.25) is 0 Å². The molecule has 4 rings (SSSR count). The predicted molar refractivity (Wildman–Crippen MR) is 105 cm³/mol. The van der Waals surface area contributed by atoms with Crippen LogP contribution in [0.25, 0.3) is 5.82 Å². The van der Waals surface area contributed by atoms with Gasteiger partial charge in [-0.3, -0.25) is 14.3 Å². The maximum absolute atomic E-state index is 13.1. The second-order valence-electron chi connectivity index (χ2n) is 7.00. The average Bonchev–Trinajstić information content (AvgIpc) is 3.38. The van der Waals surface area contributed by atoms with Gasteiger partial charge in [-0.1, -0.05) is 18.2 Å². The molecule has 2 aromatic heterocycles. The van der Waals surface area contributed by atoms with E-state index in [4.69, 9.17) is 0 Å². The van der Waals surface area contributed by atoms with Crippen LogP contribution in [0.3, 0.4) is 0 Å². The van der Waals surface area contributed by atoms with Gasteiger partial charge in [-0.15, -0.1) is 0 Å². The van der Waals surface area contributed by atoms with Crippen molar-refractivity contribution in [3.63, 3.8) is 0 Å². The third kappa shape index (κ3) is 3.55. The van der Waals surface area contributed by atoms with Gasteiger partial charge in [0.15, 0.2) is 0 Å². The molecule has 3 aromatic rings. The first kappa shape index (κ1) is 18.0. The van der Waals surface area contributed by atoms with Crippen molar-refractivity contribution in [2.45, 2.75) is 18.9 Å². The summed E-state index contributed by atoms with van der Waals surface area (Å²) >= 11 is 0. The Morgan fingerprint density at radius 2 is 1.71 bits per heavy atom. The normalized spacial score (nSPS) is 14.8. The first-order chi connectivity index (χ1) is 13.6. The van der Waals surface area contributed by atoms with Crippen LogP contribution in [-0.2, 0) is 7.05 Å². The standard InChI is InChI=1S/C21H23N5O2/c1-24-20(25-11-5-6-12-25)18(15-22-24)21(28)26-13-9-17(10-14-26)23-19(27)16-7-3-2-4-8-16/h2-8,11-12,15,17H,9-10,13-14H2,1H3,(H,23,27). The van der Waals surface area contributed by atoms with Crippen molar-refractivity contribution in [2.75, 3.05) is 13.1 Å². The number of amides is 2. The van der Waals surface area contributed by atoms with Crippen molar-refractivity contribution < 1.29 is 9.59 Å². The monoisotopic (exact) mass is 377 g/mol. The number of benzene rings is 1.